The van der Waals surface area contributed by atoms with Crippen molar-refractivity contribution in [1.82, 2.24) is 20.1 Å². The Hall–Kier alpha value is -3.19. The molecule has 0 bridgehead atoms. The second kappa shape index (κ2) is 6.97. The number of rotatable bonds is 5. The summed E-state index contributed by atoms with van der Waals surface area (Å²) in [6.45, 7) is 0.311. The van der Waals surface area contributed by atoms with E-state index in [-0.39, 0.29) is 5.91 Å². The van der Waals surface area contributed by atoms with Crippen molar-refractivity contribution >= 4 is 17.2 Å². The standard InChI is InChI=1S/C19H16N4O2S/c1-23-11-14(9-21-23)19-22-16(12-26-19)18(24)20-10-15-7-8-17(25-15)13-5-3-2-4-6-13/h2-9,11-12H,10H2,1H3,(H,20,24). The second-order valence-corrected chi connectivity index (χ2v) is 6.61. The summed E-state index contributed by atoms with van der Waals surface area (Å²) in [4.78, 5) is 16.7. The molecule has 0 spiro atoms. The summed E-state index contributed by atoms with van der Waals surface area (Å²) >= 11 is 1.42. The maximum absolute atomic E-state index is 12.3. The molecule has 6 nitrogen and oxygen atoms in total. The van der Waals surface area contributed by atoms with Crippen molar-refractivity contribution in [3.63, 3.8) is 0 Å². The fourth-order valence-corrected chi connectivity index (χ4v) is 3.31. The lowest BCUT2D eigenvalue weighted by molar-refractivity contribution is 0.0944. The molecule has 1 aromatic carbocycles. The predicted octanol–water partition coefficient (Wildman–Crippen LogP) is 3.73. The number of carbonyl (C=O) groups is 1. The number of hydrogen-bond acceptors (Lipinski definition) is 5. The summed E-state index contributed by atoms with van der Waals surface area (Å²) < 4.78 is 7.50. The summed E-state index contributed by atoms with van der Waals surface area (Å²) in [6, 6.07) is 13.6. The molecule has 3 heterocycles. The summed E-state index contributed by atoms with van der Waals surface area (Å²) in [5.41, 5.74) is 2.30. The molecule has 0 radical (unpaired) electrons. The highest BCUT2D eigenvalue weighted by molar-refractivity contribution is 7.13. The zero-order chi connectivity index (χ0) is 17.9. The van der Waals surface area contributed by atoms with Gasteiger partial charge in [0.15, 0.2) is 0 Å². The first-order valence-electron chi connectivity index (χ1n) is 8.06. The van der Waals surface area contributed by atoms with Crippen LogP contribution >= 0.6 is 11.3 Å². The first-order chi connectivity index (χ1) is 12.7. The minimum Gasteiger partial charge on any atom is -0.459 e. The number of carbonyl (C=O) groups excluding carboxylic acids is 1. The lowest BCUT2D eigenvalue weighted by Gasteiger charge is -2.01. The van der Waals surface area contributed by atoms with Gasteiger partial charge in [-0.15, -0.1) is 11.3 Å². The van der Waals surface area contributed by atoms with E-state index < -0.39 is 0 Å². The van der Waals surface area contributed by atoms with Crippen molar-refractivity contribution in [2.24, 2.45) is 7.05 Å². The summed E-state index contributed by atoms with van der Waals surface area (Å²) in [5, 5.41) is 9.48. The molecule has 4 aromatic rings. The van der Waals surface area contributed by atoms with Crippen molar-refractivity contribution in [1.29, 1.82) is 0 Å². The number of amides is 1. The third kappa shape index (κ3) is 3.43. The molecule has 4 rings (SSSR count). The highest BCUT2D eigenvalue weighted by atomic mass is 32.1. The van der Waals surface area contributed by atoms with Crippen LogP contribution in [0.25, 0.3) is 21.9 Å². The fourth-order valence-electron chi connectivity index (χ4n) is 2.53. The van der Waals surface area contributed by atoms with Gasteiger partial charge in [-0.2, -0.15) is 5.10 Å². The Morgan fingerprint density at radius 3 is 2.81 bits per heavy atom. The van der Waals surface area contributed by atoms with Gasteiger partial charge >= 0.3 is 0 Å². The largest absolute Gasteiger partial charge is 0.459 e. The van der Waals surface area contributed by atoms with E-state index in [1.165, 1.54) is 11.3 Å². The topological polar surface area (TPSA) is 73.0 Å². The zero-order valence-corrected chi connectivity index (χ0v) is 14.9. The van der Waals surface area contributed by atoms with Gasteiger partial charge in [-0.25, -0.2) is 4.98 Å². The molecule has 7 heteroatoms. The van der Waals surface area contributed by atoms with Crippen LogP contribution in [0, 0.1) is 0 Å². The second-order valence-electron chi connectivity index (χ2n) is 5.76. The van der Waals surface area contributed by atoms with E-state index >= 15 is 0 Å². The highest BCUT2D eigenvalue weighted by Crippen LogP contribution is 2.23. The quantitative estimate of drug-likeness (QED) is 0.586. The van der Waals surface area contributed by atoms with Gasteiger partial charge < -0.3 is 9.73 Å². The van der Waals surface area contributed by atoms with Crippen molar-refractivity contribution < 1.29 is 9.21 Å². The number of nitrogens with zero attached hydrogens (tertiary/aromatic N) is 3. The van der Waals surface area contributed by atoms with Crippen LogP contribution in [0.3, 0.4) is 0 Å². The molecule has 130 valence electrons. The van der Waals surface area contributed by atoms with Gasteiger partial charge in [-0.3, -0.25) is 9.48 Å². The number of hydrogen-bond donors (Lipinski definition) is 1. The van der Waals surface area contributed by atoms with E-state index in [9.17, 15) is 4.79 Å². The third-order valence-corrected chi connectivity index (χ3v) is 4.72. The summed E-state index contributed by atoms with van der Waals surface area (Å²) in [5.74, 6) is 1.25. The molecule has 0 fully saturated rings. The first-order valence-corrected chi connectivity index (χ1v) is 8.94. The maximum Gasteiger partial charge on any atom is 0.271 e. The maximum atomic E-state index is 12.3. The molecule has 0 aliphatic heterocycles. The van der Waals surface area contributed by atoms with Gasteiger partial charge in [-0.05, 0) is 12.1 Å². The van der Waals surface area contributed by atoms with Crippen molar-refractivity contribution in [2.75, 3.05) is 0 Å². The average molecular weight is 364 g/mol. The van der Waals surface area contributed by atoms with Gasteiger partial charge in [-0.1, -0.05) is 30.3 Å². The number of furan rings is 1. The van der Waals surface area contributed by atoms with E-state index in [0.717, 1.165) is 21.9 Å². The molecular weight excluding hydrogens is 348 g/mol. The third-order valence-electron chi connectivity index (χ3n) is 3.83. The molecule has 0 saturated heterocycles. The molecule has 0 unspecified atom stereocenters. The SMILES string of the molecule is Cn1cc(-c2nc(C(=O)NCc3ccc(-c4ccccc4)o3)cs2)cn1. The molecule has 1 amide bonds. The number of aryl methyl sites for hydroxylation is 1. The van der Waals surface area contributed by atoms with Crippen LogP contribution in [-0.4, -0.2) is 20.7 Å². The van der Waals surface area contributed by atoms with Crippen LogP contribution in [0.15, 0.2) is 64.7 Å². The van der Waals surface area contributed by atoms with Crippen molar-refractivity contribution in [3.05, 3.63) is 71.7 Å². The molecule has 26 heavy (non-hydrogen) atoms. The minimum atomic E-state index is -0.228. The molecular formula is C19H16N4O2S. The van der Waals surface area contributed by atoms with Gasteiger partial charge in [0.1, 0.15) is 22.2 Å². The van der Waals surface area contributed by atoms with E-state index in [0.29, 0.717) is 18.0 Å². The summed E-state index contributed by atoms with van der Waals surface area (Å²) in [6.07, 6.45) is 3.60. The van der Waals surface area contributed by atoms with Gasteiger partial charge in [0.25, 0.3) is 5.91 Å². The van der Waals surface area contributed by atoms with E-state index in [1.807, 2.05) is 55.7 Å². The van der Waals surface area contributed by atoms with E-state index in [1.54, 1.807) is 16.3 Å². The normalized spacial score (nSPS) is 10.8. The molecule has 0 atom stereocenters. The van der Waals surface area contributed by atoms with Crippen LogP contribution in [-0.2, 0) is 13.6 Å². The first kappa shape index (κ1) is 16.3. The lowest BCUT2D eigenvalue weighted by atomic mass is 10.2. The van der Waals surface area contributed by atoms with Crippen LogP contribution in [0.2, 0.25) is 0 Å². The lowest BCUT2D eigenvalue weighted by Crippen LogP contribution is -2.22. The van der Waals surface area contributed by atoms with Gasteiger partial charge in [0, 0.05) is 29.8 Å². The Morgan fingerprint density at radius 1 is 1.19 bits per heavy atom. The van der Waals surface area contributed by atoms with Crippen molar-refractivity contribution in [2.45, 2.75) is 6.54 Å². The van der Waals surface area contributed by atoms with Crippen LogP contribution in [0.5, 0.6) is 0 Å². The Labute approximate surface area is 154 Å². The van der Waals surface area contributed by atoms with E-state index in [4.69, 9.17) is 4.42 Å². The number of nitrogens with one attached hydrogen (secondary N) is 1. The average Bonchev–Trinajstić information content (AvgIpc) is 3.40. The number of aromatic nitrogens is 3. The van der Waals surface area contributed by atoms with E-state index in [2.05, 4.69) is 15.4 Å². The Balaban J connectivity index is 1.40. The predicted molar refractivity (Wildman–Crippen MR) is 99.6 cm³/mol. The fraction of sp³-hybridized carbons (Fsp3) is 0.105. The molecule has 3 aromatic heterocycles. The van der Waals surface area contributed by atoms with Crippen LogP contribution in [0.1, 0.15) is 16.2 Å². The molecule has 0 aliphatic rings. The van der Waals surface area contributed by atoms with Crippen molar-refractivity contribution in [3.8, 4) is 21.9 Å². The number of benzene rings is 1. The highest BCUT2D eigenvalue weighted by Gasteiger charge is 2.13. The molecule has 0 saturated carbocycles. The Morgan fingerprint density at radius 2 is 2.04 bits per heavy atom. The summed E-state index contributed by atoms with van der Waals surface area (Å²) in [7, 11) is 1.85. The van der Waals surface area contributed by atoms with Crippen LogP contribution < -0.4 is 5.32 Å². The molecule has 1 N–H and O–H groups in total. The smallest absolute Gasteiger partial charge is 0.271 e. The number of thiazole rings is 1. The zero-order valence-electron chi connectivity index (χ0n) is 14.0. The van der Waals surface area contributed by atoms with Gasteiger partial charge in [0.05, 0.1) is 12.7 Å². The Bertz CT molecular complexity index is 1030. The van der Waals surface area contributed by atoms with Gasteiger partial charge in [0.2, 0.25) is 0 Å². The molecule has 0 aliphatic carbocycles. The minimum absolute atomic E-state index is 0.228. The monoisotopic (exact) mass is 364 g/mol. The van der Waals surface area contributed by atoms with Crippen LogP contribution in [0.4, 0.5) is 0 Å². The Kier molecular flexibility index (Phi) is 4.37.